The molecule has 0 aliphatic rings. The number of fused-ring (bicyclic) bond motifs is 1. The molecule has 0 fully saturated rings. The van der Waals surface area contributed by atoms with Crippen molar-refractivity contribution in [3.63, 3.8) is 0 Å². The van der Waals surface area contributed by atoms with E-state index in [2.05, 4.69) is 10.3 Å². The second-order valence-electron chi connectivity index (χ2n) is 5.05. The van der Waals surface area contributed by atoms with Crippen molar-refractivity contribution in [1.82, 2.24) is 10.3 Å². The summed E-state index contributed by atoms with van der Waals surface area (Å²) in [6, 6.07) is 8.96. The molecule has 5 nitrogen and oxygen atoms in total. The van der Waals surface area contributed by atoms with Gasteiger partial charge in [0.25, 0.3) is 5.91 Å². The van der Waals surface area contributed by atoms with Crippen molar-refractivity contribution in [2.45, 2.75) is 19.4 Å². The first-order valence-electron chi connectivity index (χ1n) is 6.73. The number of nitrogens with two attached hydrogens (primary N) is 1. The summed E-state index contributed by atoms with van der Waals surface area (Å²) >= 11 is 0. The van der Waals surface area contributed by atoms with Gasteiger partial charge < -0.3 is 11.1 Å². The SMILES string of the molecule is CC(CCS(C)=O)NC(=O)c1cc(N)c2ccccc2n1. The number of aromatic nitrogens is 1. The topological polar surface area (TPSA) is 85.1 Å². The molecule has 1 aromatic heterocycles. The molecule has 1 heterocycles. The number of rotatable bonds is 5. The normalized spacial score (nSPS) is 13.8. The van der Waals surface area contributed by atoms with Crippen LogP contribution in [0.5, 0.6) is 0 Å². The highest BCUT2D eigenvalue weighted by molar-refractivity contribution is 7.84. The smallest absolute Gasteiger partial charge is 0.270 e. The van der Waals surface area contributed by atoms with E-state index in [-0.39, 0.29) is 11.9 Å². The number of anilines is 1. The molecular weight excluding hydrogens is 286 g/mol. The summed E-state index contributed by atoms with van der Waals surface area (Å²) in [6.45, 7) is 1.88. The first kappa shape index (κ1) is 15.4. The molecule has 0 bridgehead atoms. The first-order chi connectivity index (χ1) is 9.97. The van der Waals surface area contributed by atoms with Gasteiger partial charge in [0.15, 0.2) is 0 Å². The number of hydrogen-bond acceptors (Lipinski definition) is 4. The van der Waals surface area contributed by atoms with Crippen LogP contribution in [-0.4, -0.2) is 33.2 Å². The molecule has 0 saturated carbocycles. The maximum Gasteiger partial charge on any atom is 0.270 e. The molecular formula is C15H19N3O2S. The van der Waals surface area contributed by atoms with Crippen molar-refractivity contribution < 1.29 is 9.00 Å². The van der Waals surface area contributed by atoms with Crippen LogP contribution < -0.4 is 11.1 Å². The summed E-state index contributed by atoms with van der Waals surface area (Å²) < 4.78 is 11.1. The molecule has 112 valence electrons. The quantitative estimate of drug-likeness (QED) is 0.880. The van der Waals surface area contributed by atoms with Crippen LogP contribution >= 0.6 is 0 Å². The van der Waals surface area contributed by atoms with Crippen LogP contribution in [0.25, 0.3) is 10.9 Å². The molecule has 0 aliphatic carbocycles. The number of carbonyl (C=O) groups is 1. The zero-order valence-electron chi connectivity index (χ0n) is 12.1. The standard InChI is InChI=1S/C15H19N3O2S/c1-10(7-8-21(2)20)17-15(19)14-9-12(16)11-5-3-4-6-13(11)18-14/h3-6,9-10H,7-8H2,1-2H3,(H2,16,18)(H,17,19). The van der Waals surface area contributed by atoms with E-state index in [1.807, 2.05) is 31.2 Å². The van der Waals surface area contributed by atoms with Crippen molar-refractivity contribution in [3.8, 4) is 0 Å². The van der Waals surface area contributed by atoms with Gasteiger partial charge in [0.05, 0.1) is 5.52 Å². The second kappa shape index (κ2) is 6.67. The molecule has 2 rings (SSSR count). The number of amides is 1. The number of nitrogens with zero attached hydrogens (tertiary/aromatic N) is 1. The number of carbonyl (C=O) groups excluding carboxylic acids is 1. The molecule has 0 radical (unpaired) electrons. The monoisotopic (exact) mass is 305 g/mol. The summed E-state index contributed by atoms with van der Waals surface area (Å²) in [5, 5.41) is 3.69. The van der Waals surface area contributed by atoms with Gasteiger partial charge in [0.1, 0.15) is 5.69 Å². The molecule has 1 aromatic carbocycles. The van der Waals surface area contributed by atoms with Gasteiger partial charge in [-0.05, 0) is 25.5 Å². The third-order valence-corrected chi connectivity index (χ3v) is 4.01. The van der Waals surface area contributed by atoms with E-state index in [9.17, 15) is 9.00 Å². The Kier molecular flexibility index (Phi) is 4.90. The molecule has 2 aromatic rings. The molecule has 3 N–H and O–H groups in total. The fourth-order valence-electron chi connectivity index (χ4n) is 2.03. The Morgan fingerprint density at radius 3 is 2.86 bits per heavy atom. The molecule has 6 heteroatoms. The highest BCUT2D eigenvalue weighted by Gasteiger charge is 2.13. The van der Waals surface area contributed by atoms with Gasteiger partial charge >= 0.3 is 0 Å². The molecule has 1 amide bonds. The van der Waals surface area contributed by atoms with Crippen LogP contribution in [0.4, 0.5) is 5.69 Å². The van der Waals surface area contributed by atoms with Crippen LogP contribution in [0.15, 0.2) is 30.3 Å². The number of nitrogen functional groups attached to an aromatic ring is 1. The number of pyridine rings is 1. The zero-order chi connectivity index (χ0) is 15.4. The Hall–Kier alpha value is -1.95. The largest absolute Gasteiger partial charge is 0.398 e. The maximum absolute atomic E-state index is 12.2. The molecule has 0 spiro atoms. The lowest BCUT2D eigenvalue weighted by molar-refractivity contribution is 0.0935. The fourth-order valence-corrected chi connectivity index (χ4v) is 2.72. The van der Waals surface area contributed by atoms with E-state index >= 15 is 0 Å². The Bertz CT molecular complexity index is 688. The predicted molar refractivity (Wildman–Crippen MR) is 86.6 cm³/mol. The summed E-state index contributed by atoms with van der Waals surface area (Å²) in [6.07, 6.45) is 2.32. The van der Waals surface area contributed by atoms with E-state index in [1.165, 1.54) is 0 Å². The average Bonchev–Trinajstić information content (AvgIpc) is 2.45. The Balaban J connectivity index is 2.14. The van der Waals surface area contributed by atoms with Crippen LogP contribution in [0.3, 0.4) is 0 Å². The van der Waals surface area contributed by atoms with Gasteiger partial charge in [-0.3, -0.25) is 9.00 Å². The van der Waals surface area contributed by atoms with E-state index in [1.54, 1.807) is 12.3 Å². The van der Waals surface area contributed by atoms with Crippen LogP contribution in [0, 0.1) is 0 Å². The number of nitrogens with one attached hydrogen (secondary N) is 1. The first-order valence-corrected chi connectivity index (χ1v) is 8.46. The third kappa shape index (κ3) is 4.01. The molecule has 21 heavy (non-hydrogen) atoms. The molecule has 2 atom stereocenters. The van der Waals surface area contributed by atoms with Gasteiger partial charge in [-0.1, -0.05) is 18.2 Å². The van der Waals surface area contributed by atoms with E-state index < -0.39 is 10.8 Å². The highest BCUT2D eigenvalue weighted by Crippen LogP contribution is 2.20. The lowest BCUT2D eigenvalue weighted by Crippen LogP contribution is -2.34. The van der Waals surface area contributed by atoms with Crippen LogP contribution in [0.2, 0.25) is 0 Å². The van der Waals surface area contributed by atoms with E-state index in [4.69, 9.17) is 5.73 Å². The van der Waals surface area contributed by atoms with Crippen molar-refractivity contribution in [2.24, 2.45) is 0 Å². The van der Waals surface area contributed by atoms with E-state index in [0.29, 0.717) is 29.1 Å². The summed E-state index contributed by atoms with van der Waals surface area (Å²) in [5.74, 6) is 0.302. The van der Waals surface area contributed by atoms with Gasteiger partial charge in [-0.15, -0.1) is 0 Å². The minimum atomic E-state index is -0.855. The van der Waals surface area contributed by atoms with Gasteiger partial charge in [-0.25, -0.2) is 4.98 Å². The predicted octanol–water partition coefficient (Wildman–Crippen LogP) is 1.70. The average molecular weight is 305 g/mol. The number of para-hydroxylation sites is 1. The molecule has 0 saturated heterocycles. The minimum Gasteiger partial charge on any atom is -0.398 e. The zero-order valence-corrected chi connectivity index (χ0v) is 12.9. The maximum atomic E-state index is 12.2. The van der Waals surface area contributed by atoms with Gasteiger partial charge in [0, 0.05) is 39.9 Å². The minimum absolute atomic E-state index is 0.0594. The summed E-state index contributed by atoms with van der Waals surface area (Å²) in [4.78, 5) is 16.5. The Morgan fingerprint density at radius 1 is 1.43 bits per heavy atom. The van der Waals surface area contributed by atoms with Gasteiger partial charge in [-0.2, -0.15) is 0 Å². The summed E-state index contributed by atoms with van der Waals surface area (Å²) in [7, 11) is -0.855. The van der Waals surface area contributed by atoms with Gasteiger partial charge in [0.2, 0.25) is 0 Å². The number of hydrogen-bond donors (Lipinski definition) is 2. The number of benzene rings is 1. The summed E-state index contributed by atoms with van der Waals surface area (Å²) in [5.41, 5.74) is 7.50. The molecule has 0 aliphatic heterocycles. The van der Waals surface area contributed by atoms with Crippen LogP contribution in [-0.2, 0) is 10.8 Å². The van der Waals surface area contributed by atoms with E-state index in [0.717, 1.165) is 5.39 Å². The lowest BCUT2D eigenvalue weighted by Gasteiger charge is -2.13. The second-order valence-corrected chi connectivity index (χ2v) is 6.61. The molecule has 2 unspecified atom stereocenters. The lowest BCUT2D eigenvalue weighted by atomic mass is 10.1. The van der Waals surface area contributed by atoms with Crippen molar-refractivity contribution in [2.75, 3.05) is 17.7 Å². The highest BCUT2D eigenvalue weighted by atomic mass is 32.2. The fraction of sp³-hybridized carbons (Fsp3) is 0.333. The third-order valence-electron chi connectivity index (χ3n) is 3.20. The van der Waals surface area contributed by atoms with Crippen molar-refractivity contribution in [1.29, 1.82) is 0 Å². The Morgan fingerprint density at radius 2 is 2.14 bits per heavy atom. The van der Waals surface area contributed by atoms with Crippen molar-refractivity contribution >= 4 is 33.3 Å². The van der Waals surface area contributed by atoms with Crippen molar-refractivity contribution in [3.05, 3.63) is 36.0 Å². The Labute approximate surface area is 126 Å². The van der Waals surface area contributed by atoms with Crippen LogP contribution in [0.1, 0.15) is 23.8 Å².